The summed E-state index contributed by atoms with van der Waals surface area (Å²) >= 11 is 0. The number of para-hydroxylation sites is 1. The minimum absolute atomic E-state index is 0.858. The molecule has 2 fully saturated rings. The molecule has 0 saturated carbocycles. The SMILES string of the molecule is COc1ccc(S2(N3CCN(c4ccccc4)CC3)CCCCC2)cc1. The number of nitrogens with zero attached hydrogens (tertiary/aromatic N) is 2. The Morgan fingerprint density at radius 2 is 1.42 bits per heavy atom. The predicted molar refractivity (Wildman–Crippen MR) is 113 cm³/mol. The van der Waals surface area contributed by atoms with Crippen molar-refractivity contribution in [1.82, 2.24) is 4.31 Å². The summed E-state index contributed by atoms with van der Waals surface area (Å²) in [4.78, 5) is 4.10. The molecule has 2 aromatic carbocycles. The van der Waals surface area contributed by atoms with Gasteiger partial charge in [-0.2, -0.15) is 10.2 Å². The van der Waals surface area contributed by atoms with E-state index in [1.165, 1.54) is 49.5 Å². The van der Waals surface area contributed by atoms with Crippen LogP contribution in [0, 0.1) is 0 Å². The van der Waals surface area contributed by atoms with Crippen LogP contribution in [0.5, 0.6) is 5.75 Å². The van der Waals surface area contributed by atoms with E-state index in [0.717, 1.165) is 18.8 Å². The number of ether oxygens (including phenoxy) is 1. The molecule has 0 aromatic heterocycles. The second-order valence-corrected chi connectivity index (χ2v) is 10.7. The van der Waals surface area contributed by atoms with Crippen LogP contribution >= 0.6 is 10.2 Å². The number of anilines is 1. The van der Waals surface area contributed by atoms with Gasteiger partial charge in [0.1, 0.15) is 5.75 Å². The molecule has 140 valence electrons. The molecule has 0 aliphatic carbocycles. The Morgan fingerprint density at radius 1 is 0.769 bits per heavy atom. The largest absolute Gasteiger partial charge is 0.497 e. The first-order valence-electron chi connectivity index (χ1n) is 9.80. The highest BCUT2D eigenvalue weighted by Gasteiger charge is 2.36. The third-order valence-electron chi connectivity index (χ3n) is 5.82. The van der Waals surface area contributed by atoms with E-state index in [4.69, 9.17) is 4.74 Å². The topological polar surface area (TPSA) is 15.7 Å². The average Bonchev–Trinajstić information content (AvgIpc) is 2.75. The molecule has 4 heteroatoms. The lowest BCUT2D eigenvalue weighted by atomic mass is 10.2. The molecule has 0 spiro atoms. The lowest BCUT2D eigenvalue weighted by molar-refractivity contribution is 0.411. The fourth-order valence-electron chi connectivity index (χ4n) is 4.37. The first-order valence-corrected chi connectivity index (χ1v) is 11.7. The number of rotatable bonds is 4. The van der Waals surface area contributed by atoms with Crippen molar-refractivity contribution in [3.63, 3.8) is 0 Å². The zero-order valence-corrected chi connectivity index (χ0v) is 16.6. The van der Waals surface area contributed by atoms with Crippen LogP contribution in [0.3, 0.4) is 0 Å². The monoisotopic (exact) mass is 370 g/mol. The third kappa shape index (κ3) is 3.45. The van der Waals surface area contributed by atoms with Crippen molar-refractivity contribution in [2.24, 2.45) is 0 Å². The summed E-state index contributed by atoms with van der Waals surface area (Å²) < 4.78 is 8.24. The van der Waals surface area contributed by atoms with Crippen molar-refractivity contribution in [2.75, 3.05) is 49.7 Å². The molecular weight excluding hydrogens is 340 g/mol. The molecule has 2 aliphatic rings. The molecular formula is C22H30N2OS. The molecule has 2 aromatic rings. The van der Waals surface area contributed by atoms with Gasteiger partial charge in [-0.15, -0.1) is 0 Å². The maximum absolute atomic E-state index is 5.39. The molecule has 0 unspecified atom stereocenters. The van der Waals surface area contributed by atoms with Gasteiger partial charge in [-0.1, -0.05) is 24.6 Å². The van der Waals surface area contributed by atoms with E-state index in [0.29, 0.717) is 0 Å². The molecule has 0 atom stereocenters. The smallest absolute Gasteiger partial charge is 0.118 e. The van der Waals surface area contributed by atoms with Gasteiger partial charge in [0.15, 0.2) is 0 Å². The highest BCUT2D eigenvalue weighted by molar-refractivity contribution is 8.31. The van der Waals surface area contributed by atoms with Crippen molar-refractivity contribution in [2.45, 2.75) is 24.2 Å². The Balaban J connectivity index is 1.54. The predicted octanol–water partition coefficient (Wildman–Crippen LogP) is 4.78. The number of hydrogen-bond donors (Lipinski definition) is 0. The number of methoxy groups -OCH3 is 1. The van der Waals surface area contributed by atoms with E-state index in [2.05, 4.69) is 63.8 Å². The number of piperazine rings is 1. The maximum atomic E-state index is 5.39. The minimum atomic E-state index is -0.858. The summed E-state index contributed by atoms with van der Waals surface area (Å²) in [6.07, 6.45) is 4.15. The van der Waals surface area contributed by atoms with Crippen LogP contribution in [0.25, 0.3) is 0 Å². The van der Waals surface area contributed by atoms with Gasteiger partial charge in [-0.25, -0.2) is 0 Å². The van der Waals surface area contributed by atoms with Crippen LogP contribution < -0.4 is 9.64 Å². The summed E-state index contributed by atoms with van der Waals surface area (Å²) in [6, 6.07) is 19.8. The fourth-order valence-corrected chi connectivity index (χ4v) is 8.73. The van der Waals surface area contributed by atoms with Gasteiger partial charge in [0.25, 0.3) is 0 Å². The quantitative estimate of drug-likeness (QED) is 0.770. The van der Waals surface area contributed by atoms with Crippen LogP contribution in [0.2, 0.25) is 0 Å². The van der Waals surface area contributed by atoms with Crippen molar-refractivity contribution in [3.05, 3.63) is 54.6 Å². The number of benzene rings is 2. The zero-order chi connectivity index (χ0) is 17.8. The van der Waals surface area contributed by atoms with E-state index < -0.39 is 10.2 Å². The molecule has 4 rings (SSSR count). The molecule has 0 radical (unpaired) electrons. The van der Waals surface area contributed by atoms with Gasteiger partial charge in [-0.3, -0.25) is 4.31 Å². The first-order chi connectivity index (χ1) is 12.8. The van der Waals surface area contributed by atoms with E-state index in [9.17, 15) is 0 Å². The molecule has 3 nitrogen and oxygen atoms in total. The van der Waals surface area contributed by atoms with Gasteiger partial charge < -0.3 is 9.64 Å². The molecule has 0 amide bonds. The van der Waals surface area contributed by atoms with Crippen molar-refractivity contribution < 1.29 is 4.74 Å². The summed E-state index contributed by atoms with van der Waals surface area (Å²) in [5, 5.41) is 0. The van der Waals surface area contributed by atoms with Crippen LogP contribution in [0.4, 0.5) is 5.69 Å². The highest BCUT2D eigenvalue weighted by atomic mass is 32.3. The summed E-state index contributed by atoms with van der Waals surface area (Å²) in [7, 11) is 0.893. The van der Waals surface area contributed by atoms with Crippen molar-refractivity contribution in [1.29, 1.82) is 0 Å². The van der Waals surface area contributed by atoms with E-state index >= 15 is 0 Å². The Bertz CT molecular complexity index is 690. The lowest BCUT2D eigenvalue weighted by Gasteiger charge is -2.54. The Labute approximate surface area is 159 Å². The van der Waals surface area contributed by atoms with Gasteiger partial charge in [0.2, 0.25) is 0 Å². The Morgan fingerprint density at radius 3 is 2.04 bits per heavy atom. The zero-order valence-electron chi connectivity index (χ0n) is 15.8. The molecule has 0 N–H and O–H groups in total. The maximum Gasteiger partial charge on any atom is 0.118 e. The standard InChI is InChI=1S/C22H30N2OS/c1-25-21-10-12-22(13-11-21)26(18-6-3-7-19-26)24-16-14-23(15-17-24)20-8-4-2-5-9-20/h2,4-5,8-13H,3,6-7,14-19H2,1H3. The fraction of sp³-hybridized carbons (Fsp3) is 0.455. The van der Waals surface area contributed by atoms with Gasteiger partial charge in [-0.05, 0) is 60.7 Å². The average molecular weight is 371 g/mol. The lowest BCUT2D eigenvalue weighted by Crippen LogP contribution is -2.48. The van der Waals surface area contributed by atoms with Gasteiger partial charge in [0.05, 0.1) is 7.11 Å². The molecule has 26 heavy (non-hydrogen) atoms. The van der Waals surface area contributed by atoms with Crippen LogP contribution in [-0.2, 0) is 0 Å². The van der Waals surface area contributed by atoms with Gasteiger partial charge >= 0.3 is 0 Å². The Hall–Kier alpha value is -1.65. The molecule has 2 aliphatic heterocycles. The third-order valence-corrected chi connectivity index (χ3v) is 10.2. The normalized spacial score (nSPS) is 22.0. The summed E-state index contributed by atoms with van der Waals surface area (Å²) in [5.74, 6) is 3.70. The molecule has 0 bridgehead atoms. The molecule has 2 saturated heterocycles. The van der Waals surface area contributed by atoms with Crippen LogP contribution in [0.15, 0.2) is 59.5 Å². The second kappa shape index (κ2) is 7.93. The number of hydrogen-bond acceptors (Lipinski definition) is 3. The first kappa shape index (κ1) is 17.7. The van der Waals surface area contributed by atoms with E-state index in [1.54, 1.807) is 12.0 Å². The summed E-state index contributed by atoms with van der Waals surface area (Å²) in [6.45, 7) is 4.62. The minimum Gasteiger partial charge on any atom is -0.497 e. The van der Waals surface area contributed by atoms with Crippen LogP contribution in [-0.4, -0.2) is 49.1 Å². The summed E-state index contributed by atoms with van der Waals surface area (Å²) in [5.41, 5.74) is 1.37. The van der Waals surface area contributed by atoms with Crippen LogP contribution in [0.1, 0.15) is 19.3 Å². The van der Waals surface area contributed by atoms with E-state index in [-0.39, 0.29) is 0 Å². The second-order valence-electron chi connectivity index (χ2n) is 7.24. The van der Waals surface area contributed by atoms with Crippen molar-refractivity contribution in [3.8, 4) is 5.75 Å². The van der Waals surface area contributed by atoms with Gasteiger partial charge in [0, 0.05) is 36.8 Å². The Kier molecular flexibility index (Phi) is 5.41. The van der Waals surface area contributed by atoms with E-state index in [1.807, 2.05) is 0 Å². The van der Waals surface area contributed by atoms with Crippen molar-refractivity contribution >= 4 is 15.9 Å². The highest BCUT2D eigenvalue weighted by Crippen LogP contribution is 2.62. The molecule has 2 heterocycles.